The first-order chi connectivity index (χ1) is 5.18. The highest BCUT2D eigenvalue weighted by Crippen LogP contribution is 2.06. The minimum Gasteiger partial charge on any atom is -0.493 e. The number of rotatable bonds is 2. The summed E-state index contributed by atoms with van der Waals surface area (Å²) >= 11 is 0. The second-order valence-corrected chi connectivity index (χ2v) is 2.93. The Labute approximate surface area is 66.1 Å². The maximum Gasteiger partial charge on any atom is 0.214 e. The third-order valence-electron chi connectivity index (χ3n) is 1.28. The van der Waals surface area contributed by atoms with Gasteiger partial charge in [0.15, 0.2) is 0 Å². The standard InChI is InChI=1S/C8H12N2O/c1-6(2)5-7-9-4-3-8(11)10-7/h3-4,6H,5H2,1-2H3,(H,9,10,11). The minimum atomic E-state index is 0.0515. The van der Waals surface area contributed by atoms with Crippen molar-refractivity contribution in [3.63, 3.8) is 0 Å². The first-order valence-electron chi connectivity index (χ1n) is 3.69. The van der Waals surface area contributed by atoms with Crippen molar-refractivity contribution in [1.82, 2.24) is 9.97 Å². The molecule has 0 saturated carbocycles. The van der Waals surface area contributed by atoms with Gasteiger partial charge in [-0.2, -0.15) is 4.98 Å². The fourth-order valence-corrected chi connectivity index (χ4v) is 0.852. The van der Waals surface area contributed by atoms with Crippen molar-refractivity contribution >= 4 is 0 Å². The van der Waals surface area contributed by atoms with Crippen LogP contribution in [0.3, 0.4) is 0 Å². The Bertz CT molecular complexity index is 235. The molecule has 0 aliphatic carbocycles. The average Bonchev–Trinajstić information content (AvgIpc) is 1.85. The van der Waals surface area contributed by atoms with Crippen LogP contribution in [0.4, 0.5) is 0 Å². The number of aromatic hydroxyl groups is 1. The van der Waals surface area contributed by atoms with Gasteiger partial charge in [0.25, 0.3) is 0 Å². The number of hydrogen-bond donors (Lipinski definition) is 1. The van der Waals surface area contributed by atoms with E-state index in [0.717, 1.165) is 6.42 Å². The Kier molecular flexibility index (Phi) is 2.41. The second-order valence-electron chi connectivity index (χ2n) is 2.93. The van der Waals surface area contributed by atoms with Crippen molar-refractivity contribution in [3.05, 3.63) is 18.1 Å². The van der Waals surface area contributed by atoms with Gasteiger partial charge >= 0.3 is 0 Å². The Hall–Kier alpha value is -1.12. The van der Waals surface area contributed by atoms with Crippen LogP contribution >= 0.6 is 0 Å². The summed E-state index contributed by atoms with van der Waals surface area (Å²) < 4.78 is 0. The maximum atomic E-state index is 8.97. The molecule has 0 aliphatic heterocycles. The van der Waals surface area contributed by atoms with Crippen LogP contribution in [0.15, 0.2) is 12.3 Å². The average molecular weight is 152 g/mol. The molecule has 0 radical (unpaired) electrons. The summed E-state index contributed by atoms with van der Waals surface area (Å²) in [6, 6.07) is 1.48. The summed E-state index contributed by atoms with van der Waals surface area (Å²) in [5.74, 6) is 1.28. The minimum absolute atomic E-state index is 0.0515. The van der Waals surface area contributed by atoms with E-state index >= 15 is 0 Å². The van der Waals surface area contributed by atoms with Gasteiger partial charge in [0, 0.05) is 18.7 Å². The zero-order valence-electron chi connectivity index (χ0n) is 6.78. The van der Waals surface area contributed by atoms with Gasteiger partial charge in [-0.15, -0.1) is 0 Å². The van der Waals surface area contributed by atoms with Crippen molar-refractivity contribution in [1.29, 1.82) is 0 Å². The molecule has 0 aliphatic rings. The van der Waals surface area contributed by atoms with E-state index in [1.165, 1.54) is 6.07 Å². The van der Waals surface area contributed by atoms with Crippen LogP contribution in [0.1, 0.15) is 19.7 Å². The third kappa shape index (κ3) is 2.53. The van der Waals surface area contributed by atoms with Gasteiger partial charge in [-0.05, 0) is 5.92 Å². The van der Waals surface area contributed by atoms with Gasteiger partial charge in [-0.1, -0.05) is 13.8 Å². The van der Waals surface area contributed by atoms with E-state index in [2.05, 4.69) is 23.8 Å². The Morgan fingerprint density at radius 1 is 1.55 bits per heavy atom. The smallest absolute Gasteiger partial charge is 0.214 e. The van der Waals surface area contributed by atoms with Gasteiger partial charge in [0.05, 0.1) is 0 Å². The molecule has 11 heavy (non-hydrogen) atoms. The highest BCUT2D eigenvalue weighted by molar-refractivity contribution is 5.06. The molecular weight excluding hydrogens is 140 g/mol. The lowest BCUT2D eigenvalue weighted by Gasteiger charge is -2.01. The van der Waals surface area contributed by atoms with Crippen molar-refractivity contribution in [3.8, 4) is 5.88 Å². The lowest BCUT2D eigenvalue weighted by atomic mass is 10.1. The summed E-state index contributed by atoms with van der Waals surface area (Å²) in [7, 11) is 0. The van der Waals surface area contributed by atoms with Crippen LogP contribution in [-0.4, -0.2) is 15.1 Å². The highest BCUT2D eigenvalue weighted by atomic mass is 16.3. The van der Waals surface area contributed by atoms with E-state index in [9.17, 15) is 0 Å². The number of hydrogen-bond acceptors (Lipinski definition) is 3. The SMILES string of the molecule is CC(C)Cc1nccc(O)n1. The molecule has 0 atom stereocenters. The van der Waals surface area contributed by atoms with Crippen LogP contribution in [0.5, 0.6) is 5.88 Å². The van der Waals surface area contributed by atoms with Crippen LogP contribution in [0, 0.1) is 5.92 Å². The molecule has 3 heteroatoms. The molecule has 1 aromatic rings. The second kappa shape index (κ2) is 3.32. The van der Waals surface area contributed by atoms with Gasteiger partial charge in [-0.3, -0.25) is 0 Å². The van der Waals surface area contributed by atoms with E-state index in [4.69, 9.17) is 5.11 Å². The molecule has 0 unspecified atom stereocenters. The van der Waals surface area contributed by atoms with Crippen molar-refractivity contribution < 1.29 is 5.11 Å². The molecule has 0 aromatic carbocycles. The van der Waals surface area contributed by atoms with Gasteiger partial charge in [0.1, 0.15) is 5.82 Å². The molecule has 0 bridgehead atoms. The van der Waals surface area contributed by atoms with Crippen molar-refractivity contribution in [2.75, 3.05) is 0 Å². The number of nitrogens with zero attached hydrogens (tertiary/aromatic N) is 2. The molecular formula is C8H12N2O. The molecule has 1 N–H and O–H groups in total. The predicted molar refractivity (Wildman–Crippen MR) is 42.2 cm³/mol. The van der Waals surface area contributed by atoms with Gasteiger partial charge in [0.2, 0.25) is 5.88 Å². The normalized spacial score (nSPS) is 10.5. The Morgan fingerprint density at radius 2 is 2.27 bits per heavy atom. The molecule has 1 rings (SSSR count). The largest absolute Gasteiger partial charge is 0.493 e. The van der Waals surface area contributed by atoms with Crippen molar-refractivity contribution in [2.45, 2.75) is 20.3 Å². The van der Waals surface area contributed by atoms with E-state index in [-0.39, 0.29) is 5.88 Å². The quantitative estimate of drug-likeness (QED) is 0.696. The van der Waals surface area contributed by atoms with Crippen LogP contribution in [-0.2, 0) is 6.42 Å². The Balaban J connectivity index is 2.71. The third-order valence-corrected chi connectivity index (χ3v) is 1.28. The number of aromatic nitrogens is 2. The van der Waals surface area contributed by atoms with E-state index in [1.54, 1.807) is 6.20 Å². The molecule has 1 aromatic heterocycles. The van der Waals surface area contributed by atoms with E-state index in [0.29, 0.717) is 11.7 Å². The molecule has 1 heterocycles. The predicted octanol–water partition coefficient (Wildman–Crippen LogP) is 1.38. The fraction of sp³-hybridized carbons (Fsp3) is 0.500. The zero-order chi connectivity index (χ0) is 8.27. The fourth-order valence-electron chi connectivity index (χ4n) is 0.852. The van der Waals surface area contributed by atoms with Crippen molar-refractivity contribution in [2.24, 2.45) is 5.92 Å². The topological polar surface area (TPSA) is 46.0 Å². The monoisotopic (exact) mass is 152 g/mol. The lowest BCUT2D eigenvalue weighted by molar-refractivity contribution is 0.446. The molecule has 3 nitrogen and oxygen atoms in total. The van der Waals surface area contributed by atoms with Crippen LogP contribution < -0.4 is 0 Å². The lowest BCUT2D eigenvalue weighted by Crippen LogP contribution is -1.99. The first kappa shape index (κ1) is 7.98. The molecule has 0 fully saturated rings. The Morgan fingerprint density at radius 3 is 2.82 bits per heavy atom. The molecule has 60 valence electrons. The molecule has 0 spiro atoms. The summed E-state index contributed by atoms with van der Waals surface area (Å²) in [6.45, 7) is 4.18. The summed E-state index contributed by atoms with van der Waals surface area (Å²) in [5, 5.41) is 8.97. The maximum absolute atomic E-state index is 8.97. The van der Waals surface area contributed by atoms with Gasteiger partial charge in [-0.25, -0.2) is 4.98 Å². The van der Waals surface area contributed by atoms with E-state index < -0.39 is 0 Å². The van der Waals surface area contributed by atoms with Crippen LogP contribution in [0.25, 0.3) is 0 Å². The van der Waals surface area contributed by atoms with E-state index in [1.807, 2.05) is 0 Å². The molecule has 0 amide bonds. The zero-order valence-corrected chi connectivity index (χ0v) is 6.78. The summed E-state index contributed by atoms with van der Waals surface area (Å²) in [6.07, 6.45) is 2.38. The van der Waals surface area contributed by atoms with Crippen LogP contribution in [0.2, 0.25) is 0 Å². The van der Waals surface area contributed by atoms with Gasteiger partial charge < -0.3 is 5.11 Å². The summed E-state index contributed by atoms with van der Waals surface area (Å²) in [4.78, 5) is 7.87. The first-order valence-corrected chi connectivity index (χ1v) is 3.69. The highest BCUT2D eigenvalue weighted by Gasteiger charge is 2.00. The molecule has 0 saturated heterocycles. The summed E-state index contributed by atoms with van der Waals surface area (Å²) in [5.41, 5.74) is 0.